The Morgan fingerprint density at radius 1 is 1.13 bits per heavy atom. The molecule has 1 aliphatic rings. The van der Waals surface area contributed by atoms with Crippen LogP contribution in [0.1, 0.15) is 23.2 Å². The molecule has 0 bridgehead atoms. The number of likely N-dealkylation sites (tertiary alicyclic amines) is 1. The van der Waals surface area contributed by atoms with Crippen molar-refractivity contribution in [2.75, 3.05) is 25.5 Å². The van der Waals surface area contributed by atoms with Crippen LogP contribution in [0.3, 0.4) is 0 Å². The molecular formula is C19H21FN2O. The van der Waals surface area contributed by atoms with Crippen molar-refractivity contribution < 1.29 is 9.18 Å². The van der Waals surface area contributed by atoms with Gasteiger partial charge in [-0.15, -0.1) is 0 Å². The Labute approximate surface area is 136 Å². The van der Waals surface area contributed by atoms with Crippen LogP contribution < -0.4 is 5.32 Å². The van der Waals surface area contributed by atoms with Crippen LogP contribution in [0.25, 0.3) is 0 Å². The molecule has 3 rings (SSSR count). The molecule has 2 aromatic rings. The van der Waals surface area contributed by atoms with E-state index in [1.807, 2.05) is 24.3 Å². The Morgan fingerprint density at radius 3 is 2.61 bits per heavy atom. The highest BCUT2D eigenvalue weighted by molar-refractivity contribution is 5.98. The van der Waals surface area contributed by atoms with E-state index in [0.29, 0.717) is 11.3 Å². The lowest BCUT2D eigenvalue weighted by molar-refractivity contribution is 0.0857. The molecule has 0 unspecified atom stereocenters. The van der Waals surface area contributed by atoms with Crippen LogP contribution in [0.2, 0.25) is 0 Å². The van der Waals surface area contributed by atoms with Crippen LogP contribution in [-0.2, 0) is 0 Å². The summed E-state index contributed by atoms with van der Waals surface area (Å²) in [6.45, 7) is 1.92. The molecule has 3 nitrogen and oxygen atoms in total. The Hall–Kier alpha value is -2.20. The molecule has 0 spiro atoms. The highest BCUT2D eigenvalue weighted by atomic mass is 19.1. The second kappa shape index (κ2) is 6.92. The number of halogens is 1. The van der Waals surface area contributed by atoms with E-state index < -0.39 is 0 Å². The first-order valence-electron chi connectivity index (χ1n) is 7.98. The van der Waals surface area contributed by atoms with Crippen molar-refractivity contribution in [2.45, 2.75) is 12.8 Å². The van der Waals surface area contributed by atoms with E-state index >= 15 is 0 Å². The number of hydrogen-bond acceptors (Lipinski definition) is 3. The maximum atomic E-state index is 13.7. The van der Waals surface area contributed by atoms with Gasteiger partial charge in [-0.1, -0.05) is 24.3 Å². The van der Waals surface area contributed by atoms with Gasteiger partial charge in [-0.05, 0) is 57.2 Å². The Kier molecular flexibility index (Phi) is 4.72. The highest BCUT2D eigenvalue weighted by Crippen LogP contribution is 2.24. The third kappa shape index (κ3) is 3.77. The molecule has 1 aliphatic heterocycles. The van der Waals surface area contributed by atoms with Crippen LogP contribution in [0.15, 0.2) is 48.5 Å². The van der Waals surface area contributed by atoms with Crippen molar-refractivity contribution in [3.63, 3.8) is 0 Å². The molecule has 0 amide bonds. The number of hydrogen-bond donors (Lipinski definition) is 1. The first kappa shape index (κ1) is 15.7. The average Bonchev–Trinajstić information content (AvgIpc) is 2.57. The quantitative estimate of drug-likeness (QED) is 0.863. The van der Waals surface area contributed by atoms with Crippen LogP contribution in [-0.4, -0.2) is 30.8 Å². The Morgan fingerprint density at radius 2 is 1.87 bits per heavy atom. The van der Waals surface area contributed by atoms with Gasteiger partial charge >= 0.3 is 0 Å². The van der Waals surface area contributed by atoms with Gasteiger partial charge in [0, 0.05) is 17.2 Å². The van der Waals surface area contributed by atoms with E-state index in [-0.39, 0.29) is 17.5 Å². The molecule has 0 saturated carbocycles. The van der Waals surface area contributed by atoms with Crippen molar-refractivity contribution >= 4 is 17.2 Å². The number of nitrogens with zero attached hydrogens (tertiary/aromatic N) is 1. The summed E-state index contributed by atoms with van der Waals surface area (Å²) in [6, 6.07) is 13.9. The predicted octanol–water partition coefficient (Wildman–Crippen LogP) is 4.09. The molecular weight excluding hydrogens is 291 g/mol. The van der Waals surface area contributed by atoms with Gasteiger partial charge in [0.2, 0.25) is 0 Å². The van der Waals surface area contributed by atoms with Crippen molar-refractivity contribution in [3.8, 4) is 0 Å². The van der Waals surface area contributed by atoms with Crippen molar-refractivity contribution in [1.29, 1.82) is 0 Å². The standard InChI is InChI=1S/C19H21FN2O/c1-22-11-9-14(10-12-22)19(23)15-5-4-6-16(13-15)21-18-8-3-2-7-17(18)20/h2-8,13-14,21H,9-12H2,1H3. The van der Waals surface area contributed by atoms with Gasteiger partial charge in [0.25, 0.3) is 0 Å². The van der Waals surface area contributed by atoms with E-state index in [1.54, 1.807) is 18.2 Å². The maximum Gasteiger partial charge on any atom is 0.166 e. The summed E-state index contributed by atoms with van der Waals surface area (Å²) in [5, 5.41) is 3.04. The molecule has 4 heteroatoms. The van der Waals surface area contributed by atoms with Gasteiger partial charge in [0.15, 0.2) is 5.78 Å². The average molecular weight is 312 g/mol. The summed E-state index contributed by atoms with van der Waals surface area (Å²) in [5.41, 5.74) is 1.84. The Bertz CT molecular complexity index is 693. The van der Waals surface area contributed by atoms with Crippen LogP contribution >= 0.6 is 0 Å². The van der Waals surface area contributed by atoms with Crippen molar-refractivity contribution in [3.05, 3.63) is 59.9 Å². The number of piperidine rings is 1. The smallest absolute Gasteiger partial charge is 0.166 e. The SMILES string of the molecule is CN1CCC(C(=O)c2cccc(Nc3ccccc3F)c2)CC1. The number of para-hydroxylation sites is 1. The third-order valence-electron chi connectivity index (χ3n) is 4.39. The number of benzene rings is 2. The summed E-state index contributed by atoms with van der Waals surface area (Å²) >= 11 is 0. The summed E-state index contributed by atoms with van der Waals surface area (Å²) in [5.74, 6) is -0.0234. The molecule has 0 aromatic heterocycles. The summed E-state index contributed by atoms with van der Waals surface area (Å²) in [6.07, 6.45) is 1.81. The van der Waals surface area contributed by atoms with Crippen LogP contribution in [0.5, 0.6) is 0 Å². The van der Waals surface area contributed by atoms with E-state index in [0.717, 1.165) is 31.6 Å². The number of rotatable bonds is 4. The lowest BCUT2D eigenvalue weighted by Crippen LogP contribution is -2.33. The zero-order chi connectivity index (χ0) is 16.2. The lowest BCUT2D eigenvalue weighted by atomic mass is 9.89. The first-order valence-corrected chi connectivity index (χ1v) is 7.98. The molecule has 2 aromatic carbocycles. The van der Waals surface area contributed by atoms with Gasteiger partial charge in [-0.25, -0.2) is 4.39 Å². The van der Waals surface area contributed by atoms with Gasteiger partial charge in [0.1, 0.15) is 5.82 Å². The highest BCUT2D eigenvalue weighted by Gasteiger charge is 2.24. The zero-order valence-corrected chi connectivity index (χ0v) is 13.3. The minimum Gasteiger partial charge on any atom is -0.353 e. The minimum atomic E-state index is -0.306. The Balaban J connectivity index is 1.75. The van der Waals surface area contributed by atoms with Crippen LogP contribution in [0, 0.1) is 11.7 Å². The van der Waals surface area contributed by atoms with E-state index in [1.165, 1.54) is 6.07 Å². The molecule has 1 heterocycles. The number of carbonyl (C=O) groups excluding carboxylic acids is 1. The third-order valence-corrected chi connectivity index (χ3v) is 4.39. The number of carbonyl (C=O) groups is 1. The zero-order valence-electron chi connectivity index (χ0n) is 13.3. The fourth-order valence-electron chi connectivity index (χ4n) is 2.97. The van der Waals surface area contributed by atoms with Crippen LogP contribution in [0.4, 0.5) is 15.8 Å². The molecule has 0 atom stereocenters. The first-order chi connectivity index (χ1) is 11.1. The second-order valence-electron chi connectivity index (χ2n) is 6.13. The van der Waals surface area contributed by atoms with Gasteiger partial charge in [0.05, 0.1) is 5.69 Å². The molecule has 120 valence electrons. The summed E-state index contributed by atoms with van der Waals surface area (Å²) < 4.78 is 13.7. The van der Waals surface area contributed by atoms with Crippen molar-refractivity contribution in [1.82, 2.24) is 4.90 Å². The van der Waals surface area contributed by atoms with E-state index in [4.69, 9.17) is 0 Å². The monoisotopic (exact) mass is 312 g/mol. The number of Topliss-reactive ketones (excluding diaryl/α,β-unsaturated/α-hetero) is 1. The van der Waals surface area contributed by atoms with Gasteiger partial charge in [-0.2, -0.15) is 0 Å². The molecule has 1 fully saturated rings. The molecule has 0 radical (unpaired) electrons. The van der Waals surface area contributed by atoms with E-state index in [9.17, 15) is 9.18 Å². The molecule has 1 saturated heterocycles. The number of ketones is 1. The predicted molar refractivity (Wildman–Crippen MR) is 90.7 cm³/mol. The minimum absolute atomic E-state index is 0.0925. The summed E-state index contributed by atoms with van der Waals surface area (Å²) in [4.78, 5) is 14.9. The fraction of sp³-hybridized carbons (Fsp3) is 0.316. The number of anilines is 2. The normalized spacial score (nSPS) is 16.3. The lowest BCUT2D eigenvalue weighted by Gasteiger charge is -2.28. The fourth-order valence-corrected chi connectivity index (χ4v) is 2.97. The van der Waals surface area contributed by atoms with Gasteiger partial charge in [-0.3, -0.25) is 4.79 Å². The second-order valence-corrected chi connectivity index (χ2v) is 6.13. The topological polar surface area (TPSA) is 32.3 Å². The van der Waals surface area contributed by atoms with E-state index in [2.05, 4.69) is 17.3 Å². The molecule has 1 N–H and O–H groups in total. The maximum absolute atomic E-state index is 13.7. The number of nitrogens with one attached hydrogen (secondary N) is 1. The molecule has 0 aliphatic carbocycles. The molecule has 23 heavy (non-hydrogen) atoms. The van der Waals surface area contributed by atoms with Crippen molar-refractivity contribution in [2.24, 2.45) is 5.92 Å². The summed E-state index contributed by atoms with van der Waals surface area (Å²) in [7, 11) is 2.08. The van der Waals surface area contributed by atoms with Gasteiger partial charge < -0.3 is 10.2 Å². The largest absolute Gasteiger partial charge is 0.353 e.